The lowest BCUT2D eigenvalue weighted by atomic mass is 9.85. The number of aliphatic hydroxyl groups excluding tert-OH is 2. The van der Waals surface area contributed by atoms with Crippen molar-refractivity contribution < 1.29 is 53.4 Å². The topological polar surface area (TPSA) is 255 Å². The number of rotatable bonds is 11. The Morgan fingerprint density at radius 2 is 1.78 bits per heavy atom. The molecule has 0 radical (unpaired) electrons. The average Bonchev–Trinajstić information content (AvgIpc) is 3.91. The van der Waals surface area contributed by atoms with Gasteiger partial charge in [0.05, 0.1) is 48.3 Å². The number of aliphatic hydroxyl groups is 2. The molecule has 1 fully saturated rings. The number of nitrogens with zero attached hydrogens (tertiary/aromatic N) is 2. The smallest absolute Gasteiger partial charge is 0.355 e. The second-order valence-electron chi connectivity index (χ2n) is 16.0. The molecular formula is C46H60N6O12S. The Bertz CT molecular complexity index is 2370. The van der Waals surface area contributed by atoms with Gasteiger partial charge in [-0.2, -0.15) is 0 Å². The molecule has 0 saturated carbocycles. The first-order valence-corrected chi connectivity index (χ1v) is 22.1. The highest BCUT2D eigenvalue weighted by molar-refractivity contribution is 7.80. The molecule has 352 valence electrons. The van der Waals surface area contributed by atoms with Crippen LogP contribution in [0.5, 0.6) is 17.2 Å². The van der Waals surface area contributed by atoms with Crippen LogP contribution in [0.3, 0.4) is 0 Å². The number of hydrogen-bond donors (Lipinski definition) is 7. The summed E-state index contributed by atoms with van der Waals surface area (Å²) >= 11 is 5.27. The van der Waals surface area contributed by atoms with Gasteiger partial charge in [0, 0.05) is 42.0 Å². The number of nitrogens with one attached hydrogen (secondary N) is 3. The summed E-state index contributed by atoms with van der Waals surface area (Å²) in [7, 11) is 1.00. The van der Waals surface area contributed by atoms with Gasteiger partial charge >= 0.3 is 11.9 Å². The second-order valence-corrected chi connectivity index (χ2v) is 16.4. The van der Waals surface area contributed by atoms with Crippen LogP contribution >= 0.6 is 12.2 Å². The summed E-state index contributed by atoms with van der Waals surface area (Å²) in [4.78, 5) is 59.4. The molecule has 1 unspecified atom stereocenters. The Hall–Kier alpha value is -5.86. The summed E-state index contributed by atoms with van der Waals surface area (Å²) in [5.41, 5.74) is 6.33. The number of anilines is 1. The monoisotopic (exact) mass is 920 g/mol. The number of fused-ring (bicyclic) bond motifs is 6. The number of nitrogens with two attached hydrogens (primary N) is 1. The Balaban J connectivity index is 0.000000492. The highest BCUT2D eigenvalue weighted by Gasteiger charge is 2.51. The molecule has 19 heteroatoms. The number of carbonyl (C=O) groups is 3. The Kier molecular flexibility index (Phi) is 18.0. The molecule has 0 aliphatic carbocycles. The van der Waals surface area contributed by atoms with Crippen LogP contribution in [-0.4, -0.2) is 100 Å². The van der Waals surface area contributed by atoms with Gasteiger partial charge in [-0.3, -0.25) is 9.59 Å². The average molecular weight is 921 g/mol. The molecule has 2 aromatic carbocycles. The minimum atomic E-state index is -1.95. The Morgan fingerprint density at radius 1 is 1.06 bits per heavy atom. The molecule has 18 nitrogen and oxygen atoms in total. The predicted octanol–water partition coefficient (Wildman–Crippen LogP) is 4.09. The molecular weight excluding hydrogens is 861 g/mol. The van der Waals surface area contributed by atoms with E-state index >= 15 is 0 Å². The van der Waals surface area contributed by atoms with Crippen molar-refractivity contribution in [3.8, 4) is 28.6 Å². The first-order chi connectivity index (χ1) is 31.3. The van der Waals surface area contributed by atoms with E-state index in [9.17, 15) is 24.3 Å². The lowest BCUT2D eigenvalue weighted by Gasteiger charge is -2.36. The zero-order valence-corrected chi connectivity index (χ0v) is 38.3. The van der Waals surface area contributed by atoms with E-state index in [1.165, 1.54) is 25.0 Å². The van der Waals surface area contributed by atoms with Crippen LogP contribution in [0, 0.1) is 5.92 Å². The van der Waals surface area contributed by atoms with Crippen molar-refractivity contribution in [3.05, 3.63) is 75.6 Å². The third-order valence-electron chi connectivity index (χ3n) is 10.8. The molecule has 8 rings (SSSR count). The van der Waals surface area contributed by atoms with Crippen molar-refractivity contribution in [2.24, 2.45) is 11.7 Å². The number of aromatic hydroxyl groups is 1. The van der Waals surface area contributed by atoms with E-state index in [2.05, 4.69) is 22.9 Å². The maximum Gasteiger partial charge on any atom is 0.355 e. The normalized spacial score (nSPS) is 17.8. The lowest BCUT2D eigenvalue weighted by Crippen LogP contribution is -2.52. The van der Waals surface area contributed by atoms with Gasteiger partial charge in [0.2, 0.25) is 18.3 Å². The van der Waals surface area contributed by atoms with E-state index in [0.717, 1.165) is 44.1 Å². The number of cyclic esters (lactones) is 1. The van der Waals surface area contributed by atoms with E-state index in [1.807, 2.05) is 26.0 Å². The summed E-state index contributed by atoms with van der Waals surface area (Å²) in [6, 6.07) is 12.3. The lowest BCUT2D eigenvalue weighted by molar-refractivity contribution is -0.191. The van der Waals surface area contributed by atoms with Crippen molar-refractivity contribution in [2.75, 3.05) is 45.5 Å². The van der Waals surface area contributed by atoms with Crippen molar-refractivity contribution in [1.82, 2.24) is 20.2 Å². The molecule has 8 N–H and O–H groups in total. The molecule has 4 aliphatic rings. The number of aromatic nitrogens is 2. The van der Waals surface area contributed by atoms with Crippen LogP contribution in [0.25, 0.3) is 22.3 Å². The first-order valence-electron chi connectivity index (χ1n) is 21.7. The molecule has 2 aromatic heterocycles. The molecule has 0 spiro atoms. The van der Waals surface area contributed by atoms with Gasteiger partial charge in [-0.15, -0.1) is 0 Å². The SMILES string of the molecule is CCCCN.CC[C@@]1(OC(=O)[C@H](CC(C)C)NC(=O)CNC(=S)Nc2ccc(O)cc2)C(=O)OCc2c1cc1n(c2=O)Cc2cc3cc4c(cc3nc2-1)OCO4.CO.OC1CCCOC1. The van der Waals surface area contributed by atoms with Crippen LogP contribution in [0.1, 0.15) is 82.9 Å². The number of thiocarbonyl (C=S) groups is 1. The molecule has 1 amide bonds. The van der Waals surface area contributed by atoms with Crippen LogP contribution < -0.4 is 36.7 Å². The predicted molar refractivity (Wildman–Crippen MR) is 246 cm³/mol. The van der Waals surface area contributed by atoms with E-state index in [0.29, 0.717) is 40.7 Å². The number of esters is 2. The maximum absolute atomic E-state index is 14.0. The van der Waals surface area contributed by atoms with Gasteiger partial charge in [0.25, 0.3) is 5.56 Å². The number of phenolic OH excluding ortho intramolecular Hbond substituents is 1. The maximum atomic E-state index is 14.0. The zero-order valence-electron chi connectivity index (χ0n) is 37.4. The van der Waals surface area contributed by atoms with Gasteiger partial charge in [-0.1, -0.05) is 34.1 Å². The standard InChI is InChI=1S/C36H35N5O9S.C5H10O2.C4H11N.CH4O/c1-4-36(50-33(45)26(9-18(2)3)39-30(43)14-37-35(51)38-21-5-7-22(42)8-6-21)24-12-27-31-20(15-41(27)32(44)23(24)16-47-34(36)46)10-19-11-28-29(49-17-48-28)13-25(19)40-31;6-5-2-1-3-7-4-5;1-2-3-4-5;1-2/h5-8,10-13,18,26,42H,4,9,14-17H2,1-3H3,(H,39,43)(H2,37,38,51);5-6H,1-4H2;2-5H2,1H3;2H,1H3/t26-,36-;;;/m0.../s1. The molecule has 4 aliphatic heterocycles. The summed E-state index contributed by atoms with van der Waals surface area (Å²) in [5, 5.41) is 34.6. The number of carbonyl (C=O) groups excluding carboxylic acids is 3. The van der Waals surface area contributed by atoms with Crippen LogP contribution in [0.15, 0.2) is 53.3 Å². The number of ether oxygens (including phenoxy) is 5. The van der Waals surface area contributed by atoms with E-state index in [-0.39, 0.29) is 78.9 Å². The van der Waals surface area contributed by atoms with E-state index in [4.69, 9.17) is 56.8 Å². The minimum Gasteiger partial charge on any atom is -0.508 e. The van der Waals surface area contributed by atoms with Crippen LogP contribution in [0.2, 0.25) is 0 Å². The van der Waals surface area contributed by atoms with Gasteiger partial charge in [-0.25, -0.2) is 14.6 Å². The highest BCUT2D eigenvalue weighted by Crippen LogP contribution is 2.42. The van der Waals surface area contributed by atoms with Crippen LogP contribution in [0.4, 0.5) is 5.69 Å². The largest absolute Gasteiger partial charge is 0.508 e. The minimum absolute atomic E-state index is 0.0317. The van der Waals surface area contributed by atoms with Gasteiger partial charge < -0.3 is 65.3 Å². The molecule has 1 saturated heterocycles. The zero-order chi connectivity index (χ0) is 47.3. The van der Waals surface area contributed by atoms with Gasteiger partial charge in [0.1, 0.15) is 18.4 Å². The summed E-state index contributed by atoms with van der Waals surface area (Å²) in [6.45, 7) is 9.61. The van der Waals surface area contributed by atoms with E-state index in [1.54, 1.807) is 35.8 Å². The summed E-state index contributed by atoms with van der Waals surface area (Å²) < 4.78 is 29.1. The molecule has 4 aromatic rings. The second kappa shape index (κ2) is 23.4. The number of hydrogen-bond acceptors (Lipinski definition) is 15. The fraction of sp³-hybridized carbons (Fsp3) is 0.478. The highest BCUT2D eigenvalue weighted by atomic mass is 32.1. The fourth-order valence-electron chi connectivity index (χ4n) is 7.51. The molecule has 65 heavy (non-hydrogen) atoms. The first kappa shape index (κ1) is 50.1. The van der Waals surface area contributed by atoms with Crippen molar-refractivity contribution in [3.63, 3.8) is 0 Å². The summed E-state index contributed by atoms with van der Waals surface area (Å²) in [5.74, 6) is -0.963. The van der Waals surface area contributed by atoms with Crippen molar-refractivity contribution in [2.45, 2.75) is 97.1 Å². The molecule has 6 heterocycles. The Labute approximate surface area is 382 Å². The number of phenols is 1. The molecule has 3 atom stereocenters. The third-order valence-corrected chi connectivity index (χ3v) is 11.0. The van der Waals surface area contributed by atoms with E-state index < -0.39 is 29.5 Å². The fourth-order valence-corrected chi connectivity index (χ4v) is 7.70. The number of benzene rings is 2. The molecule has 0 bridgehead atoms. The van der Waals surface area contributed by atoms with Crippen molar-refractivity contribution in [1.29, 1.82) is 0 Å². The quantitative estimate of drug-likeness (QED) is 0.0559. The van der Waals surface area contributed by atoms with Crippen molar-refractivity contribution >= 4 is 51.8 Å². The van der Waals surface area contributed by atoms with Gasteiger partial charge in [0.15, 0.2) is 16.6 Å². The third kappa shape index (κ3) is 12.3. The van der Waals surface area contributed by atoms with Crippen LogP contribution in [-0.2, 0) is 47.3 Å². The number of amides is 1. The number of pyridine rings is 2. The number of unbranched alkanes of at least 4 members (excludes halogenated alkanes) is 1. The Morgan fingerprint density at radius 3 is 2.38 bits per heavy atom. The van der Waals surface area contributed by atoms with Gasteiger partial charge in [-0.05, 0) is 99.2 Å². The summed E-state index contributed by atoms with van der Waals surface area (Å²) in [6.07, 6.45) is 4.31.